The highest BCUT2D eigenvalue weighted by Crippen LogP contribution is 2.36. The molecule has 0 spiro atoms. The van der Waals surface area contributed by atoms with Crippen LogP contribution in [-0.4, -0.2) is 140 Å². The zero-order valence-corrected chi connectivity index (χ0v) is 17.3. The van der Waals surface area contributed by atoms with Gasteiger partial charge in [0.1, 0.15) is 62.1 Å². The lowest BCUT2D eigenvalue weighted by atomic mass is 9.98. The van der Waals surface area contributed by atoms with Gasteiger partial charge in [0.15, 0.2) is 12.6 Å². The molecular weight excluding hydrogens is 443 g/mol. The molecule has 0 saturated carbocycles. The average molecular weight is 474 g/mol. The Morgan fingerprint density at radius 1 is 0.875 bits per heavy atom. The van der Waals surface area contributed by atoms with Crippen LogP contribution in [0.2, 0.25) is 0 Å². The van der Waals surface area contributed by atoms with Crippen molar-refractivity contribution in [1.82, 2.24) is 0 Å². The van der Waals surface area contributed by atoms with E-state index in [-0.39, 0.29) is 6.42 Å². The lowest BCUT2D eigenvalue weighted by Gasteiger charge is -2.44. The minimum atomic E-state index is -2.38. The van der Waals surface area contributed by atoms with E-state index in [4.69, 9.17) is 23.7 Å². The number of aliphatic hydroxyl groups is 8. The molecule has 0 radical (unpaired) electrons. The zero-order valence-electron chi connectivity index (χ0n) is 17.3. The Kier molecular flexibility index (Phi) is 8.42. The van der Waals surface area contributed by atoms with Crippen molar-refractivity contribution in [3.63, 3.8) is 0 Å². The Morgan fingerprint density at radius 3 is 2.16 bits per heavy atom. The molecule has 3 heterocycles. The minimum absolute atomic E-state index is 0.182. The van der Waals surface area contributed by atoms with Gasteiger partial charge < -0.3 is 64.5 Å². The predicted octanol–water partition coefficient (Wildman–Crippen LogP) is -4.54. The van der Waals surface area contributed by atoms with Gasteiger partial charge in [-0.3, -0.25) is 0 Å². The number of halogens is 1. The van der Waals surface area contributed by atoms with E-state index in [0.29, 0.717) is 0 Å². The highest BCUT2D eigenvalue weighted by Gasteiger charge is 2.58. The summed E-state index contributed by atoms with van der Waals surface area (Å²) in [6.45, 7) is -1.10. The van der Waals surface area contributed by atoms with E-state index in [1.165, 1.54) is 0 Å². The van der Waals surface area contributed by atoms with Crippen molar-refractivity contribution in [2.45, 2.75) is 92.8 Å². The monoisotopic (exact) mass is 474 g/mol. The molecule has 8 N–H and O–H groups in total. The summed E-state index contributed by atoms with van der Waals surface area (Å²) in [5, 5.41) is 80.3. The van der Waals surface area contributed by atoms with E-state index in [1.807, 2.05) is 0 Å². The number of rotatable bonds is 7. The quantitative estimate of drug-likeness (QED) is 0.175. The summed E-state index contributed by atoms with van der Waals surface area (Å²) in [7, 11) is 0. The van der Waals surface area contributed by atoms with E-state index in [0.717, 1.165) is 0 Å². The molecule has 0 aromatic carbocycles. The highest BCUT2D eigenvalue weighted by atomic mass is 19.1. The molecular formula is C18H31FO13. The van der Waals surface area contributed by atoms with E-state index >= 15 is 0 Å². The van der Waals surface area contributed by atoms with Gasteiger partial charge in [-0.2, -0.15) is 0 Å². The first-order chi connectivity index (χ1) is 15.0. The number of ether oxygens (including phenoxy) is 5. The molecule has 3 fully saturated rings. The normalized spacial score (nSPS) is 52.3. The summed E-state index contributed by atoms with van der Waals surface area (Å²) < 4.78 is 39.7. The van der Waals surface area contributed by atoms with Crippen LogP contribution in [0.1, 0.15) is 13.3 Å². The molecule has 3 rings (SSSR count). The van der Waals surface area contributed by atoms with Gasteiger partial charge in [0, 0.05) is 6.42 Å². The molecule has 0 amide bonds. The van der Waals surface area contributed by atoms with Gasteiger partial charge in [0.25, 0.3) is 0 Å². The third-order valence-corrected chi connectivity index (χ3v) is 5.90. The number of hydrogen-bond donors (Lipinski definition) is 8. The lowest BCUT2D eigenvalue weighted by Crippen LogP contribution is -2.63. The van der Waals surface area contributed by atoms with Crippen LogP contribution in [0.3, 0.4) is 0 Å². The molecule has 188 valence electrons. The topological polar surface area (TPSA) is 208 Å². The van der Waals surface area contributed by atoms with Crippen LogP contribution in [0, 0.1) is 0 Å². The maximum Gasteiger partial charge on any atom is 0.224 e. The average Bonchev–Trinajstić information content (AvgIpc) is 3.01. The summed E-state index contributed by atoms with van der Waals surface area (Å²) in [6, 6.07) is 0. The van der Waals surface area contributed by atoms with E-state index in [2.05, 4.69) is 0 Å². The molecule has 14 heteroatoms. The Hall–Kier alpha value is -0.590. The second kappa shape index (κ2) is 10.4. The fourth-order valence-corrected chi connectivity index (χ4v) is 3.95. The van der Waals surface area contributed by atoms with Crippen molar-refractivity contribution in [2.24, 2.45) is 0 Å². The fraction of sp³-hybridized carbons (Fsp3) is 1.00. The maximum atomic E-state index is 13.0. The standard InChI is InChI=1S/C18H31FO13/c1-6-2-7(21)10(22)16(29-6)28-4-9-11(23)13(25)14(26)17(30-9)32-18(5-20)15(27)12(24)8(3-19)31-18/h6-17,20-27H,2-5H2,1H3/t6-,7+,8-,9-,10-,11-,12-,13+,14-,15+,16+,17-,18+/m1/s1. The smallest absolute Gasteiger partial charge is 0.224 e. The molecule has 13 nitrogen and oxygen atoms in total. The van der Waals surface area contributed by atoms with E-state index in [9.17, 15) is 45.2 Å². The van der Waals surface area contributed by atoms with Crippen molar-refractivity contribution >= 4 is 0 Å². The van der Waals surface area contributed by atoms with Crippen LogP contribution >= 0.6 is 0 Å². The third kappa shape index (κ3) is 4.93. The molecule has 0 aromatic rings. The van der Waals surface area contributed by atoms with Crippen molar-refractivity contribution in [2.75, 3.05) is 19.9 Å². The zero-order chi connectivity index (χ0) is 23.8. The fourth-order valence-electron chi connectivity index (χ4n) is 3.95. The SMILES string of the molecule is C[C@@H]1C[C@H](O)[C@@H](O)[C@@H](OC[C@H]2O[C@H](O[C@]3(CO)O[C@H](CF)[C@@H](O)[C@@H]3O)[C@H](O)[C@@H](O)[C@@H]2O)O1. The summed E-state index contributed by atoms with van der Waals surface area (Å²) in [4.78, 5) is 0. The molecule has 0 bridgehead atoms. The summed E-state index contributed by atoms with van der Waals surface area (Å²) in [5.41, 5.74) is 0. The summed E-state index contributed by atoms with van der Waals surface area (Å²) >= 11 is 0. The summed E-state index contributed by atoms with van der Waals surface area (Å²) in [5.74, 6) is -2.38. The van der Waals surface area contributed by atoms with Gasteiger partial charge in [0.2, 0.25) is 5.79 Å². The molecule has 0 aromatic heterocycles. The summed E-state index contributed by atoms with van der Waals surface area (Å²) in [6.07, 6.45) is -17.8. The number of alkyl halides is 1. The van der Waals surface area contributed by atoms with Gasteiger partial charge >= 0.3 is 0 Å². The Bertz CT molecular complexity index is 615. The molecule has 3 saturated heterocycles. The largest absolute Gasteiger partial charge is 0.391 e. The van der Waals surface area contributed by atoms with Crippen LogP contribution in [0.25, 0.3) is 0 Å². The first-order valence-corrected chi connectivity index (χ1v) is 10.3. The molecule has 13 atom stereocenters. The van der Waals surface area contributed by atoms with Gasteiger partial charge in [-0.15, -0.1) is 0 Å². The van der Waals surface area contributed by atoms with Crippen molar-refractivity contribution < 1.29 is 68.9 Å². The van der Waals surface area contributed by atoms with Crippen LogP contribution in [0.5, 0.6) is 0 Å². The van der Waals surface area contributed by atoms with Crippen LogP contribution in [-0.2, 0) is 23.7 Å². The first-order valence-electron chi connectivity index (χ1n) is 10.3. The van der Waals surface area contributed by atoms with Crippen LogP contribution < -0.4 is 0 Å². The minimum Gasteiger partial charge on any atom is -0.391 e. The lowest BCUT2D eigenvalue weighted by molar-refractivity contribution is -0.386. The molecule has 3 aliphatic heterocycles. The molecule has 3 aliphatic rings. The van der Waals surface area contributed by atoms with Crippen molar-refractivity contribution in [1.29, 1.82) is 0 Å². The first kappa shape index (κ1) is 26.0. The van der Waals surface area contributed by atoms with Gasteiger partial charge in [-0.1, -0.05) is 0 Å². The predicted molar refractivity (Wildman–Crippen MR) is 97.4 cm³/mol. The number of aliphatic hydroxyl groups excluding tert-OH is 8. The maximum absolute atomic E-state index is 13.0. The second-order valence-electron chi connectivity index (χ2n) is 8.29. The van der Waals surface area contributed by atoms with Crippen LogP contribution in [0.15, 0.2) is 0 Å². The van der Waals surface area contributed by atoms with E-state index in [1.54, 1.807) is 6.92 Å². The second-order valence-corrected chi connectivity index (χ2v) is 8.29. The van der Waals surface area contributed by atoms with Gasteiger partial charge in [-0.05, 0) is 6.92 Å². The van der Waals surface area contributed by atoms with Gasteiger partial charge in [-0.25, -0.2) is 4.39 Å². The molecule has 0 aliphatic carbocycles. The van der Waals surface area contributed by atoms with Gasteiger partial charge in [0.05, 0.1) is 18.8 Å². The molecule has 0 unspecified atom stereocenters. The Morgan fingerprint density at radius 2 is 1.56 bits per heavy atom. The van der Waals surface area contributed by atoms with E-state index < -0.39 is 99.3 Å². The van der Waals surface area contributed by atoms with Crippen LogP contribution in [0.4, 0.5) is 4.39 Å². The third-order valence-electron chi connectivity index (χ3n) is 5.90. The van der Waals surface area contributed by atoms with Crippen molar-refractivity contribution in [3.8, 4) is 0 Å². The Labute approximate surface area is 182 Å². The molecule has 32 heavy (non-hydrogen) atoms. The Balaban J connectivity index is 1.68. The number of hydrogen-bond acceptors (Lipinski definition) is 13. The highest BCUT2D eigenvalue weighted by molar-refractivity contribution is 4.98. The van der Waals surface area contributed by atoms with Crippen molar-refractivity contribution in [3.05, 3.63) is 0 Å².